The number of allylic oxidation sites excluding steroid dienone is 1. The van der Waals surface area contributed by atoms with Gasteiger partial charge in [-0.05, 0) is 54.5 Å². The molecule has 0 spiro atoms. The van der Waals surface area contributed by atoms with E-state index in [1.807, 2.05) is 25.1 Å². The number of aliphatic carboxylic acids is 1. The smallest absolute Gasteiger partial charge is 0.331 e. The average Bonchev–Trinajstić information content (AvgIpc) is 2.39. The van der Waals surface area contributed by atoms with Gasteiger partial charge in [0.15, 0.2) is 0 Å². The van der Waals surface area contributed by atoms with Crippen molar-refractivity contribution in [2.75, 3.05) is 7.11 Å². The van der Waals surface area contributed by atoms with Crippen LogP contribution in [-0.4, -0.2) is 18.2 Å². The van der Waals surface area contributed by atoms with Crippen LogP contribution in [0.4, 0.5) is 0 Å². The number of ether oxygens (including phenoxy) is 1. The van der Waals surface area contributed by atoms with Crippen molar-refractivity contribution in [3.8, 4) is 5.75 Å². The van der Waals surface area contributed by atoms with Crippen LogP contribution in [0.2, 0.25) is 0 Å². The van der Waals surface area contributed by atoms with Crippen LogP contribution >= 0.6 is 0 Å². The maximum absolute atomic E-state index is 11.3. The van der Waals surface area contributed by atoms with Crippen LogP contribution in [0.25, 0.3) is 5.57 Å². The fourth-order valence-electron chi connectivity index (χ4n) is 2.58. The standard InChI is InChI=1S/C15H18O3/c1-3-12(15(16)17)13-6-4-5-10-7-8-11(18-2)9-14(10)13/h7-9H,3-6H2,1-2H3,(H,16,17). The Hall–Kier alpha value is -1.77. The number of carbonyl (C=O) groups is 1. The minimum atomic E-state index is -0.803. The van der Waals surface area contributed by atoms with Crippen molar-refractivity contribution in [1.82, 2.24) is 0 Å². The molecule has 0 bridgehead atoms. The molecule has 3 nitrogen and oxygen atoms in total. The number of rotatable bonds is 3. The van der Waals surface area contributed by atoms with E-state index >= 15 is 0 Å². The molecule has 0 amide bonds. The molecule has 0 aliphatic heterocycles. The van der Waals surface area contributed by atoms with Crippen LogP contribution in [-0.2, 0) is 11.2 Å². The first kappa shape index (κ1) is 12.7. The zero-order valence-corrected chi connectivity index (χ0v) is 10.8. The fraction of sp³-hybridized carbons (Fsp3) is 0.400. The largest absolute Gasteiger partial charge is 0.497 e. The number of hydrogen-bond donors (Lipinski definition) is 1. The summed E-state index contributed by atoms with van der Waals surface area (Å²) in [6.07, 6.45) is 3.43. The molecule has 1 aromatic carbocycles. The van der Waals surface area contributed by atoms with Crippen molar-refractivity contribution < 1.29 is 14.6 Å². The predicted octanol–water partition coefficient (Wildman–Crippen LogP) is 3.28. The summed E-state index contributed by atoms with van der Waals surface area (Å²) in [5, 5.41) is 9.29. The first-order valence-electron chi connectivity index (χ1n) is 6.30. The summed E-state index contributed by atoms with van der Waals surface area (Å²) in [6.45, 7) is 1.89. The molecule has 1 aromatic rings. The van der Waals surface area contributed by atoms with Crippen LogP contribution in [0.15, 0.2) is 23.8 Å². The zero-order valence-electron chi connectivity index (χ0n) is 10.8. The highest BCUT2D eigenvalue weighted by Crippen LogP contribution is 2.36. The lowest BCUT2D eigenvalue weighted by atomic mass is 9.84. The van der Waals surface area contributed by atoms with Crippen LogP contribution < -0.4 is 4.74 Å². The maximum atomic E-state index is 11.3. The summed E-state index contributed by atoms with van der Waals surface area (Å²) in [4.78, 5) is 11.3. The Bertz CT molecular complexity index is 500. The molecule has 1 aliphatic carbocycles. The average molecular weight is 246 g/mol. The third-order valence-electron chi connectivity index (χ3n) is 3.49. The summed E-state index contributed by atoms with van der Waals surface area (Å²) < 4.78 is 5.23. The number of carboxylic acid groups (broad SMARTS) is 1. The van der Waals surface area contributed by atoms with Crippen LogP contribution in [0.5, 0.6) is 5.75 Å². The fourth-order valence-corrected chi connectivity index (χ4v) is 2.58. The number of fused-ring (bicyclic) bond motifs is 1. The monoisotopic (exact) mass is 246 g/mol. The van der Waals surface area contributed by atoms with E-state index in [-0.39, 0.29) is 0 Å². The first-order chi connectivity index (χ1) is 8.67. The molecule has 0 unspecified atom stereocenters. The Kier molecular flexibility index (Phi) is 3.70. The van der Waals surface area contributed by atoms with Crippen molar-refractivity contribution in [2.45, 2.75) is 32.6 Å². The van der Waals surface area contributed by atoms with E-state index in [9.17, 15) is 9.90 Å². The van der Waals surface area contributed by atoms with Gasteiger partial charge in [-0.15, -0.1) is 0 Å². The van der Waals surface area contributed by atoms with Crippen molar-refractivity contribution >= 4 is 11.5 Å². The van der Waals surface area contributed by atoms with E-state index in [1.165, 1.54) is 5.56 Å². The van der Waals surface area contributed by atoms with E-state index in [2.05, 4.69) is 0 Å². The molecular weight excluding hydrogens is 228 g/mol. The van der Waals surface area contributed by atoms with E-state index in [0.29, 0.717) is 12.0 Å². The lowest BCUT2D eigenvalue weighted by Gasteiger charge is -2.21. The van der Waals surface area contributed by atoms with Gasteiger partial charge in [-0.25, -0.2) is 4.79 Å². The highest BCUT2D eigenvalue weighted by molar-refractivity contribution is 5.97. The molecule has 18 heavy (non-hydrogen) atoms. The van der Waals surface area contributed by atoms with Crippen LogP contribution in [0.3, 0.4) is 0 Å². The molecule has 96 valence electrons. The van der Waals surface area contributed by atoms with Crippen molar-refractivity contribution in [3.05, 3.63) is 34.9 Å². The maximum Gasteiger partial charge on any atom is 0.331 e. The Morgan fingerprint density at radius 3 is 2.78 bits per heavy atom. The van der Waals surface area contributed by atoms with Gasteiger partial charge >= 0.3 is 5.97 Å². The van der Waals surface area contributed by atoms with Crippen LogP contribution in [0.1, 0.15) is 37.3 Å². The molecule has 2 rings (SSSR count). The molecule has 0 fully saturated rings. The Balaban J connectivity index is 2.58. The van der Waals surface area contributed by atoms with Crippen LogP contribution in [0, 0.1) is 0 Å². The van der Waals surface area contributed by atoms with E-state index < -0.39 is 5.97 Å². The molecule has 0 aromatic heterocycles. The molecule has 0 atom stereocenters. The molecule has 0 radical (unpaired) electrons. The van der Waals surface area contributed by atoms with E-state index in [1.54, 1.807) is 7.11 Å². The Morgan fingerprint density at radius 1 is 1.39 bits per heavy atom. The van der Waals surface area contributed by atoms with Crippen molar-refractivity contribution in [1.29, 1.82) is 0 Å². The number of hydrogen-bond acceptors (Lipinski definition) is 2. The van der Waals surface area contributed by atoms with Crippen molar-refractivity contribution in [2.24, 2.45) is 0 Å². The SMILES string of the molecule is CCC(C(=O)O)=C1CCCc2ccc(OC)cc21. The molecular formula is C15H18O3. The summed E-state index contributed by atoms with van der Waals surface area (Å²) in [5.41, 5.74) is 3.79. The van der Waals surface area contributed by atoms with Gasteiger partial charge in [0.05, 0.1) is 7.11 Å². The van der Waals surface area contributed by atoms with Gasteiger partial charge in [-0.1, -0.05) is 13.0 Å². The number of aryl methyl sites for hydroxylation is 1. The highest BCUT2D eigenvalue weighted by Gasteiger charge is 2.20. The second-order valence-corrected chi connectivity index (χ2v) is 4.49. The number of benzene rings is 1. The summed E-state index contributed by atoms with van der Waals surface area (Å²) in [6, 6.07) is 5.94. The lowest BCUT2D eigenvalue weighted by molar-refractivity contribution is -0.132. The summed E-state index contributed by atoms with van der Waals surface area (Å²) in [5.74, 6) is -0.0165. The minimum absolute atomic E-state index is 0.532. The molecule has 0 saturated heterocycles. The second-order valence-electron chi connectivity index (χ2n) is 4.49. The minimum Gasteiger partial charge on any atom is -0.497 e. The number of carboxylic acids is 1. The third kappa shape index (κ3) is 2.26. The molecule has 1 N–H and O–H groups in total. The van der Waals surface area contributed by atoms with E-state index in [4.69, 9.17) is 4.74 Å². The predicted molar refractivity (Wildman–Crippen MR) is 70.8 cm³/mol. The zero-order chi connectivity index (χ0) is 13.1. The molecule has 1 aliphatic rings. The second kappa shape index (κ2) is 5.25. The highest BCUT2D eigenvalue weighted by atomic mass is 16.5. The molecule has 0 heterocycles. The van der Waals surface area contributed by atoms with Gasteiger partial charge in [0.1, 0.15) is 5.75 Å². The van der Waals surface area contributed by atoms with Crippen molar-refractivity contribution in [3.63, 3.8) is 0 Å². The lowest BCUT2D eigenvalue weighted by Crippen LogP contribution is -2.09. The quantitative estimate of drug-likeness (QED) is 0.832. The van der Waals surface area contributed by atoms with E-state index in [0.717, 1.165) is 36.1 Å². The third-order valence-corrected chi connectivity index (χ3v) is 3.49. The molecule has 0 saturated carbocycles. The molecule has 3 heteroatoms. The normalized spacial score (nSPS) is 17.0. The Labute approximate surface area is 107 Å². The first-order valence-corrected chi connectivity index (χ1v) is 6.30. The summed E-state index contributed by atoms with van der Waals surface area (Å²) >= 11 is 0. The van der Waals surface area contributed by atoms with Gasteiger partial charge in [-0.2, -0.15) is 0 Å². The number of methoxy groups -OCH3 is 1. The van der Waals surface area contributed by atoms with Gasteiger partial charge in [0.25, 0.3) is 0 Å². The van der Waals surface area contributed by atoms with Gasteiger partial charge in [0.2, 0.25) is 0 Å². The Morgan fingerprint density at radius 2 is 2.17 bits per heavy atom. The van der Waals surface area contributed by atoms with Gasteiger partial charge in [0, 0.05) is 5.57 Å². The summed E-state index contributed by atoms with van der Waals surface area (Å²) in [7, 11) is 1.63. The van der Waals surface area contributed by atoms with Gasteiger partial charge in [-0.3, -0.25) is 0 Å². The topological polar surface area (TPSA) is 46.5 Å². The van der Waals surface area contributed by atoms with Gasteiger partial charge < -0.3 is 9.84 Å².